The van der Waals surface area contributed by atoms with Crippen LogP contribution in [-0.4, -0.2) is 41.2 Å². The van der Waals surface area contributed by atoms with E-state index >= 15 is 0 Å². The largest absolute Gasteiger partial charge is 0.464 e. The highest BCUT2D eigenvalue weighted by atomic mass is 16.3. The van der Waals surface area contributed by atoms with Gasteiger partial charge in [0.15, 0.2) is 0 Å². The Bertz CT molecular complexity index is 821. The van der Waals surface area contributed by atoms with Crippen LogP contribution >= 0.6 is 0 Å². The van der Waals surface area contributed by atoms with Crippen molar-refractivity contribution in [1.29, 1.82) is 0 Å². The van der Waals surface area contributed by atoms with Gasteiger partial charge in [-0.1, -0.05) is 64.4 Å². The standard InChI is InChI=1S/C26H38N2O3/c1-6-7-16-27(24(29)18-26(3,4)5)20-25(30)28(19-23-14-13-21(2)31-23)17-15-22-11-9-8-10-12-22/h8-14H,6-7,15-20H2,1-5H3. The lowest BCUT2D eigenvalue weighted by atomic mass is 9.91. The molecule has 0 aliphatic carbocycles. The van der Waals surface area contributed by atoms with Gasteiger partial charge in [0.1, 0.15) is 11.5 Å². The molecule has 0 aliphatic heterocycles. The van der Waals surface area contributed by atoms with Gasteiger partial charge >= 0.3 is 0 Å². The number of carbonyl (C=O) groups excluding carboxylic acids is 2. The number of amides is 2. The molecule has 1 aromatic heterocycles. The molecule has 0 saturated carbocycles. The second-order valence-corrected chi connectivity index (χ2v) is 9.47. The van der Waals surface area contributed by atoms with Crippen molar-refractivity contribution in [2.45, 2.75) is 66.8 Å². The van der Waals surface area contributed by atoms with Crippen LogP contribution in [0.4, 0.5) is 0 Å². The third-order valence-corrected chi connectivity index (χ3v) is 5.15. The molecule has 0 spiro atoms. The molecule has 5 heteroatoms. The SMILES string of the molecule is CCCCN(CC(=O)N(CCc1ccccc1)Cc1ccc(C)o1)C(=O)CC(C)(C)C. The van der Waals surface area contributed by atoms with Gasteiger partial charge in [0.05, 0.1) is 13.1 Å². The zero-order chi connectivity index (χ0) is 22.9. The van der Waals surface area contributed by atoms with Crippen LogP contribution in [0.2, 0.25) is 0 Å². The van der Waals surface area contributed by atoms with Crippen LogP contribution in [0.25, 0.3) is 0 Å². The number of carbonyl (C=O) groups is 2. The highest BCUT2D eigenvalue weighted by Gasteiger charge is 2.25. The Morgan fingerprint density at radius 3 is 2.23 bits per heavy atom. The van der Waals surface area contributed by atoms with Crippen LogP contribution in [0.5, 0.6) is 0 Å². The molecule has 0 fully saturated rings. The maximum absolute atomic E-state index is 13.3. The first-order valence-electron chi connectivity index (χ1n) is 11.3. The molecule has 0 atom stereocenters. The van der Waals surface area contributed by atoms with Crippen molar-refractivity contribution in [2.75, 3.05) is 19.6 Å². The van der Waals surface area contributed by atoms with E-state index in [1.54, 1.807) is 4.90 Å². The smallest absolute Gasteiger partial charge is 0.242 e. The Balaban J connectivity index is 2.12. The summed E-state index contributed by atoms with van der Waals surface area (Å²) in [5, 5.41) is 0. The van der Waals surface area contributed by atoms with E-state index in [4.69, 9.17) is 4.42 Å². The molecule has 0 aliphatic rings. The van der Waals surface area contributed by atoms with Crippen LogP contribution in [0.3, 0.4) is 0 Å². The average molecular weight is 427 g/mol. The fraction of sp³-hybridized carbons (Fsp3) is 0.538. The van der Waals surface area contributed by atoms with E-state index in [0.29, 0.717) is 26.1 Å². The lowest BCUT2D eigenvalue weighted by molar-refractivity contribution is -0.142. The Morgan fingerprint density at radius 1 is 0.935 bits per heavy atom. The maximum Gasteiger partial charge on any atom is 0.242 e. The topological polar surface area (TPSA) is 53.8 Å². The van der Waals surface area contributed by atoms with Gasteiger partial charge in [-0.3, -0.25) is 9.59 Å². The van der Waals surface area contributed by atoms with Gasteiger partial charge < -0.3 is 14.2 Å². The van der Waals surface area contributed by atoms with E-state index in [-0.39, 0.29) is 23.8 Å². The van der Waals surface area contributed by atoms with Gasteiger partial charge in [-0.15, -0.1) is 0 Å². The Morgan fingerprint density at radius 2 is 1.65 bits per heavy atom. The molecule has 31 heavy (non-hydrogen) atoms. The molecule has 1 heterocycles. The minimum Gasteiger partial charge on any atom is -0.464 e. The molecule has 0 bridgehead atoms. The van der Waals surface area contributed by atoms with Crippen molar-refractivity contribution in [3.05, 3.63) is 59.5 Å². The first-order chi connectivity index (χ1) is 14.7. The van der Waals surface area contributed by atoms with Gasteiger partial charge in [0, 0.05) is 19.5 Å². The average Bonchev–Trinajstić information content (AvgIpc) is 3.12. The van der Waals surface area contributed by atoms with Gasteiger partial charge in [0.2, 0.25) is 11.8 Å². The summed E-state index contributed by atoms with van der Waals surface area (Å²) in [6, 6.07) is 14.0. The molecule has 5 nitrogen and oxygen atoms in total. The predicted molar refractivity (Wildman–Crippen MR) is 125 cm³/mol. The highest BCUT2D eigenvalue weighted by Crippen LogP contribution is 2.20. The summed E-state index contributed by atoms with van der Waals surface area (Å²) >= 11 is 0. The first-order valence-corrected chi connectivity index (χ1v) is 11.3. The van der Waals surface area contributed by atoms with Crippen molar-refractivity contribution in [3.8, 4) is 0 Å². The molecule has 2 amide bonds. The zero-order valence-corrected chi connectivity index (χ0v) is 19.8. The molecular weight excluding hydrogens is 388 g/mol. The number of benzene rings is 1. The van der Waals surface area contributed by atoms with Crippen molar-refractivity contribution in [3.63, 3.8) is 0 Å². The fourth-order valence-electron chi connectivity index (χ4n) is 3.43. The van der Waals surface area contributed by atoms with Gasteiger partial charge in [-0.2, -0.15) is 0 Å². The molecule has 0 N–H and O–H groups in total. The van der Waals surface area contributed by atoms with E-state index in [0.717, 1.165) is 30.8 Å². The quantitative estimate of drug-likeness (QED) is 0.495. The number of nitrogens with zero attached hydrogens (tertiary/aromatic N) is 2. The van der Waals surface area contributed by atoms with Crippen molar-refractivity contribution < 1.29 is 14.0 Å². The lowest BCUT2D eigenvalue weighted by Crippen LogP contribution is -2.44. The van der Waals surface area contributed by atoms with E-state index in [2.05, 4.69) is 39.8 Å². The second kappa shape index (κ2) is 11.7. The minimum absolute atomic E-state index is 0.0386. The molecular formula is C26H38N2O3. The number of rotatable bonds is 11. The first kappa shape index (κ1) is 24.7. The zero-order valence-electron chi connectivity index (χ0n) is 19.8. The van der Waals surface area contributed by atoms with Crippen molar-refractivity contribution in [1.82, 2.24) is 9.80 Å². The van der Waals surface area contributed by atoms with E-state index < -0.39 is 0 Å². The number of unbranched alkanes of at least 4 members (excludes halogenated alkanes) is 1. The van der Waals surface area contributed by atoms with Crippen LogP contribution < -0.4 is 0 Å². The predicted octanol–water partition coefficient (Wildman–Crippen LogP) is 5.22. The summed E-state index contributed by atoms with van der Waals surface area (Å²) < 4.78 is 5.72. The third-order valence-electron chi connectivity index (χ3n) is 5.15. The maximum atomic E-state index is 13.3. The van der Waals surface area contributed by atoms with Crippen LogP contribution in [0.1, 0.15) is 64.0 Å². The summed E-state index contributed by atoms with van der Waals surface area (Å²) in [4.78, 5) is 29.8. The summed E-state index contributed by atoms with van der Waals surface area (Å²) in [5.41, 5.74) is 1.08. The molecule has 0 saturated heterocycles. The fourth-order valence-corrected chi connectivity index (χ4v) is 3.43. The minimum atomic E-state index is -0.108. The van der Waals surface area contributed by atoms with Crippen molar-refractivity contribution in [2.24, 2.45) is 5.41 Å². The van der Waals surface area contributed by atoms with Gasteiger partial charge in [-0.05, 0) is 42.9 Å². The van der Waals surface area contributed by atoms with Gasteiger partial charge in [-0.25, -0.2) is 0 Å². The number of hydrogen-bond donors (Lipinski definition) is 0. The number of furan rings is 1. The molecule has 0 radical (unpaired) electrons. The normalized spacial score (nSPS) is 11.4. The molecule has 2 aromatic rings. The van der Waals surface area contributed by atoms with Crippen LogP contribution in [0, 0.1) is 12.3 Å². The van der Waals surface area contributed by atoms with Crippen LogP contribution in [-0.2, 0) is 22.6 Å². The lowest BCUT2D eigenvalue weighted by Gasteiger charge is -2.29. The van der Waals surface area contributed by atoms with Crippen LogP contribution in [0.15, 0.2) is 46.9 Å². The third kappa shape index (κ3) is 8.99. The Labute approximate surface area is 187 Å². The summed E-state index contributed by atoms with van der Waals surface area (Å²) in [6.45, 7) is 11.9. The van der Waals surface area contributed by atoms with E-state index in [1.807, 2.05) is 42.2 Å². The summed E-state index contributed by atoms with van der Waals surface area (Å²) in [6.07, 6.45) is 3.07. The molecule has 0 unspecified atom stereocenters. The number of hydrogen-bond acceptors (Lipinski definition) is 3. The Hall–Kier alpha value is -2.56. The monoisotopic (exact) mass is 426 g/mol. The molecule has 2 rings (SSSR count). The summed E-state index contributed by atoms with van der Waals surface area (Å²) in [5.74, 6) is 1.60. The number of aryl methyl sites for hydroxylation is 1. The van der Waals surface area contributed by atoms with Gasteiger partial charge in [0.25, 0.3) is 0 Å². The van der Waals surface area contributed by atoms with E-state index in [1.165, 1.54) is 5.56 Å². The summed E-state index contributed by atoms with van der Waals surface area (Å²) in [7, 11) is 0. The Kier molecular flexibility index (Phi) is 9.35. The van der Waals surface area contributed by atoms with E-state index in [9.17, 15) is 9.59 Å². The highest BCUT2D eigenvalue weighted by molar-refractivity contribution is 5.85. The van der Waals surface area contributed by atoms with Crippen molar-refractivity contribution >= 4 is 11.8 Å². The molecule has 1 aromatic carbocycles. The second-order valence-electron chi connectivity index (χ2n) is 9.47. The molecule has 170 valence electrons.